The van der Waals surface area contributed by atoms with Gasteiger partial charge in [-0.3, -0.25) is 4.79 Å². The maximum atomic E-state index is 11.9. The number of nitrogens with one attached hydrogen (secondary N) is 1. The van der Waals surface area contributed by atoms with Crippen LogP contribution in [-0.2, 0) is 0 Å². The van der Waals surface area contributed by atoms with Crippen molar-refractivity contribution in [3.8, 4) is 0 Å². The summed E-state index contributed by atoms with van der Waals surface area (Å²) in [6, 6.07) is 7.32. The van der Waals surface area contributed by atoms with Crippen LogP contribution in [0.3, 0.4) is 0 Å². The fraction of sp³-hybridized carbons (Fsp3) is 0.462. The Kier molecular flexibility index (Phi) is 4.83. The predicted octanol–water partition coefficient (Wildman–Crippen LogP) is 2.58. The number of carbonyl (C=O) groups excluding carboxylic acids is 1. The van der Waals surface area contributed by atoms with Gasteiger partial charge in [0.2, 0.25) is 0 Å². The van der Waals surface area contributed by atoms with Gasteiger partial charge in [0.05, 0.1) is 0 Å². The monoisotopic (exact) mass is 220 g/mol. The largest absolute Gasteiger partial charge is 0.399 e. The van der Waals surface area contributed by atoms with Crippen molar-refractivity contribution in [2.24, 2.45) is 0 Å². The lowest BCUT2D eigenvalue weighted by Crippen LogP contribution is -2.34. The molecule has 0 heterocycles. The quantitative estimate of drug-likeness (QED) is 0.749. The molecule has 1 aromatic carbocycles. The highest BCUT2D eigenvalue weighted by molar-refractivity contribution is 5.95. The molecule has 1 aromatic rings. The summed E-state index contributed by atoms with van der Waals surface area (Å²) in [4.78, 5) is 11.9. The number of hydrogen-bond donors (Lipinski definition) is 2. The Hall–Kier alpha value is -1.51. The third kappa shape index (κ3) is 3.57. The molecule has 0 bridgehead atoms. The molecule has 0 radical (unpaired) electrons. The topological polar surface area (TPSA) is 55.1 Å². The first-order valence-electron chi connectivity index (χ1n) is 5.83. The first kappa shape index (κ1) is 12.6. The van der Waals surface area contributed by atoms with E-state index in [-0.39, 0.29) is 11.9 Å². The molecule has 1 rings (SSSR count). The molecule has 0 spiro atoms. The zero-order valence-electron chi connectivity index (χ0n) is 9.99. The van der Waals surface area contributed by atoms with Crippen molar-refractivity contribution in [2.75, 3.05) is 5.73 Å². The smallest absolute Gasteiger partial charge is 0.251 e. The highest BCUT2D eigenvalue weighted by atomic mass is 16.1. The van der Waals surface area contributed by atoms with E-state index in [1.165, 1.54) is 0 Å². The zero-order valence-corrected chi connectivity index (χ0v) is 9.99. The number of carbonyl (C=O) groups is 1. The molecule has 0 saturated heterocycles. The van der Waals surface area contributed by atoms with Gasteiger partial charge in [-0.15, -0.1) is 0 Å². The van der Waals surface area contributed by atoms with Gasteiger partial charge in [-0.05, 0) is 31.0 Å². The van der Waals surface area contributed by atoms with Crippen LogP contribution in [0.5, 0.6) is 0 Å². The van der Waals surface area contributed by atoms with Crippen molar-refractivity contribution in [3.05, 3.63) is 29.8 Å². The van der Waals surface area contributed by atoms with Crippen molar-refractivity contribution < 1.29 is 4.79 Å². The van der Waals surface area contributed by atoms with E-state index in [0.717, 1.165) is 19.3 Å². The molecule has 16 heavy (non-hydrogen) atoms. The lowest BCUT2D eigenvalue weighted by Gasteiger charge is -2.16. The van der Waals surface area contributed by atoms with Crippen molar-refractivity contribution in [2.45, 2.75) is 39.2 Å². The van der Waals surface area contributed by atoms with Gasteiger partial charge in [0.25, 0.3) is 5.91 Å². The number of rotatable bonds is 5. The number of benzene rings is 1. The molecular weight excluding hydrogens is 200 g/mol. The first-order chi connectivity index (χ1) is 7.67. The van der Waals surface area contributed by atoms with E-state index in [2.05, 4.69) is 19.2 Å². The van der Waals surface area contributed by atoms with Crippen molar-refractivity contribution in [3.63, 3.8) is 0 Å². The summed E-state index contributed by atoms with van der Waals surface area (Å²) < 4.78 is 0. The molecule has 0 aliphatic rings. The number of anilines is 1. The van der Waals surface area contributed by atoms with E-state index in [4.69, 9.17) is 5.73 Å². The van der Waals surface area contributed by atoms with Gasteiger partial charge in [0.15, 0.2) is 0 Å². The van der Waals surface area contributed by atoms with Crippen LogP contribution in [-0.4, -0.2) is 11.9 Å². The molecule has 1 amide bonds. The molecule has 3 nitrogen and oxygen atoms in total. The first-order valence-corrected chi connectivity index (χ1v) is 5.83. The summed E-state index contributed by atoms with van der Waals surface area (Å²) in [7, 11) is 0. The van der Waals surface area contributed by atoms with Gasteiger partial charge < -0.3 is 11.1 Å². The lowest BCUT2D eigenvalue weighted by atomic mass is 10.1. The summed E-state index contributed by atoms with van der Waals surface area (Å²) in [5.74, 6) is -0.0346. The van der Waals surface area contributed by atoms with Crippen LogP contribution in [0.4, 0.5) is 5.69 Å². The molecule has 0 aliphatic carbocycles. The Morgan fingerprint density at radius 1 is 1.44 bits per heavy atom. The van der Waals surface area contributed by atoms with E-state index in [1.54, 1.807) is 24.3 Å². The van der Waals surface area contributed by atoms with Crippen molar-refractivity contribution in [1.82, 2.24) is 5.32 Å². The van der Waals surface area contributed by atoms with Crippen LogP contribution < -0.4 is 11.1 Å². The second-order valence-electron chi connectivity index (χ2n) is 3.99. The molecular formula is C13H20N2O. The average Bonchev–Trinajstić information content (AvgIpc) is 2.28. The van der Waals surface area contributed by atoms with Crippen LogP contribution in [0.1, 0.15) is 43.5 Å². The van der Waals surface area contributed by atoms with Crippen molar-refractivity contribution in [1.29, 1.82) is 0 Å². The Bertz CT molecular complexity index is 350. The van der Waals surface area contributed by atoms with Gasteiger partial charge in [-0.1, -0.05) is 26.3 Å². The zero-order chi connectivity index (χ0) is 12.0. The minimum atomic E-state index is -0.0346. The summed E-state index contributed by atoms with van der Waals surface area (Å²) in [6.07, 6.45) is 3.06. The Labute approximate surface area is 97.0 Å². The molecule has 88 valence electrons. The molecule has 1 unspecified atom stereocenters. The highest BCUT2D eigenvalue weighted by Gasteiger charge is 2.11. The van der Waals surface area contributed by atoms with Crippen LogP contribution in [0.15, 0.2) is 24.3 Å². The maximum absolute atomic E-state index is 11.9. The van der Waals surface area contributed by atoms with Crippen LogP contribution >= 0.6 is 0 Å². The molecule has 0 aromatic heterocycles. The van der Waals surface area contributed by atoms with E-state index in [0.29, 0.717) is 11.3 Å². The molecule has 0 fully saturated rings. The summed E-state index contributed by atoms with van der Waals surface area (Å²) in [6.45, 7) is 4.20. The summed E-state index contributed by atoms with van der Waals surface area (Å²) in [5, 5.41) is 3.02. The second-order valence-corrected chi connectivity index (χ2v) is 3.99. The fourth-order valence-corrected chi connectivity index (χ4v) is 1.68. The molecule has 0 saturated carbocycles. The van der Waals surface area contributed by atoms with E-state index >= 15 is 0 Å². The third-order valence-electron chi connectivity index (χ3n) is 2.61. The third-order valence-corrected chi connectivity index (χ3v) is 2.61. The summed E-state index contributed by atoms with van der Waals surface area (Å²) >= 11 is 0. The van der Waals surface area contributed by atoms with E-state index in [9.17, 15) is 4.79 Å². The summed E-state index contributed by atoms with van der Waals surface area (Å²) in [5.41, 5.74) is 6.89. The van der Waals surface area contributed by atoms with Gasteiger partial charge in [0.1, 0.15) is 0 Å². The predicted molar refractivity (Wildman–Crippen MR) is 67.3 cm³/mol. The Morgan fingerprint density at radius 3 is 2.75 bits per heavy atom. The minimum absolute atomic E-state index is 0.0346. The average molecular weight is 220 g/mol. The van der Waals surface area contributed by atoms with Crippen molar-refractivity contribution >= 4 is 11.6 Å². The van der Waals surface area contributed by atoms with Gasteiger partial charge in [-0.25, -0.2) is 0 Å². The standard InChI is InChI=1S/C13H20N2O/c1-3-6-12(4-2)15-13(16)10-7-5-8-11(14)9-10/h5,7-9,12H,3-4,6,14H2,1-2H3,(H,15,16). The van der Waals surface area contributed by atoms with Crippen LogP contribution in [0.2, 0.25) is 0 Å². The maximum Gasteiger partial charge on any atom is 0.251 e. The lowest BCUT2D eigenvalue weighted by molar-refractivity contribution is 0.0934. The second kappa shape index (κ2) is 6.16. The van der Waals surface area contributed by atoms with Gasteiger partial charge in [0, 0.05) is 17.3 Å². The molecule has 3 N–H and O–H groups in total. The number of hydrogen-bond acceptors (Lipinski definition) is 2. The minimum Gasteiger partial charge on any atom is -0.399 e. The molecule has 3 heteroatoms. The Balaban J connectivity index is 2.64. The highest BCUT2D eigenvalue weighted by Crippen LogP contribution is 2.08. The number of nitrogen functional groups attached to an aromatic ring is 1. The van der Waals surface area contributed by atoms with E-state index < -0.39 is 0 Å². The SMILES string of the molecule is CCCC(CC)NC(=O)c1cccc(N)c1. The van der Waals surface area contributed by atoms with Gasteiger partial charge >= 0.3 is 0 Å². The normalized spacial score (nSPS) is 12.1. The van der Waals surface area contributed by atoms with Crippen LogP contribution in [0, 0.1) is 0 Å². The number of nitrogens with two attached hydrogens (primary N) is 1. The molecule has 0 aliphatic heterocycles. The van der Waals surface area contributed by atoms with Crippen LogP contribution in [0.25, 0.3) is 0 Å². The molecule has 1 atom stereocenters. The Morgan fingerprint density at radius 2 is 2.19 bits per heavy atom. The fourth-order valence-electron chi connectivity index (χ4n) is 1.68. The van der Waals surface area contributed by atoms with Gasteiger partial charge in [-0.2, -0.15) is 0 Å². The van der Waals surface area contributed by atoms with E-state index in [1.807, 2.05) is 0 Å². The number of amides is 1.